The van der Waals surface area contributed by atoms with Gasteiger partial charge in [-0.3, -0.25) is 0 Å². The molecule has 0 spiro atoms. The van der Waals surface area contributed by atoms with Crippen molar-refractivity contribution >= 4 is 25.5 Å². The minimum absolute atomic E-state index is 0.128. The Morgan fingerprint density at radius 1 is 0.882 bits per heavy atom. The zero-order valence-electron chi connectivity index (χ0n) is 9.86. The molecule has 2 rings (SSSR count). The van der Waals surface area contributed by atoms with E-state index in [-0.39, 0.29) is 3.84 Å². The van der Waals surface area contributed by atoms with E-state index in [0.29, 0.717) is 0 Å². The first kappa shape index (κ1) is 12.4. The molecule has 17 heavy (non-hydrogen) atoms. The monoisotopic (exact) mass is 334 g/mol. The number of hydrogen-bond acceptors (Lipinski definition) is 0. The Hall–Kier alpha value is -1.09. The standard InChI is InChI=1S/2C6H5.C2H2F.CH3.Sn/c2*1-2-4-6-5-3-1;1-2-3;;/h2*1-5H;1H2;1H3;. The fourth-order valence-electron chi connectivity index (χ4n) is 2.02. The van der Waals surface area contributed by atoms with Gasteiger partial charge in [-0.05, 0) is 0 Å². The van der Waals surface area contributed by atoms with Gasteiger partial charge in [0.1, 0.15) is 0 Å². The molecule has 0 N–H and O–H groups in total. The van der Waals surface area contributed by atoms with Crippen LogP contribution in [0, 0.1) is 0 Å². The van der Waals surface area contributed by atoms with Crippen molar-refractivity contribution in [1.82, 2.24) is 0 Å². The Morgan fingerprint density at radius 3 is 1.53 bits per heavy atom. The summed E-state index contributed by atoms with van der Waals surface area (Å²) in [6.07, 6.45) is 0. The van der Waals surface area contributed by atoms with E-state index in [2.05, 4.69) is 11.5 Å². The summed E-state index contributed by atoms with van der Waals surface area (Å²) in [6, 6.07) is 19.9. The van der Waals surface area contributed by atoms with Crippen molar-refractivity contribution in [2.24, 2.45) is 0 Å². The third-order valence-corrected chi connectivity index (χ3v) is 14.8. The van der Waals surface area contributed by atoms with Crippen molar-refractivity contribution in [3.8, 4) is 0 Å². The molecule has 0 aliphatic rings. The van der Waals surface area contributed by atoms with Crippen LogP contribution >= 0.6 is 0 Å². The topological polar surface area (TPSA) is 0 Å². The summed E-state index contributed by atoms with van der Waals surface area (Å²) in [5.41, 5.74) is 0. The van der Waals surface area contributed by atoms with Gasteiger partial charge in [0.2, 0.25) is 0 Å². The Balaban J connectivity index is 2.59. The summed E-state index contributed by atoms with van der Waals surface area (Å²) in [6.45, 7) is 3.61. The molecule has 0 atom stereocenters. The molecule has 0 radical (unpaired) electrons. The number of rotatable bonds is 3. The second kappa shape index (κ2) is 5.05. The van der Waals surface area contributed by atoms with Gasteiger partial charge in [0.05, 0.1) is 0 Å². The van der Waals surface area contributed by atoms with E-state index in [0.717, 1.165) is 7.16 Å². The number of benzene rings is 2. The molecule has 2 aromatic carbocycles. The van der Waals surface area contributed by atoms with Crippen LogP contribution in [-0.4, -0.2) is 18.4 Å². The van der Waals surface area contributed by atoms with Crippen LogP contribution in [0.5, 0.6) is 0 Å². The van der Waals surface area contributed by atoms with Gasteiger partial charge in [-0.2, -0.15) is 0 Å². The normalized spacial score (nSPS) is 11.2. The molecule has 0 heterocycles. The van der Waals surface area contributed by atoms with E-state index in [1.54, 1.807) is 0 Å². The molecule has 0 fully saturated rings. The first-order valence-electron chi connectivity index (χ1n) is 5.61. The van der Waals surface area contributed by atoms with Crippen molar-refractivity contribution < 1.29 is 4.39 Å². The van der Waals surface area contributed by atoms with Crippen molar-refractivity contribution in [3.63, 3.8) is 0 Å². The van der Waals surface area contributed by atoms with E-state index < -0.39 is 18.4 Å². The van der Waals surface area contributed by atoms with Gasteiger partial charge in [-0.1, -0.05) is 0 Å². The second-order valence-electron chi connectivity index (χ2n) is 4.26. The fourth-order valence-corrected chi connectivity index (χ4v) is 9.67. The van der Waals surface area contributed by atoms with E-state index in [4.69, 9.17) is 0 Å². The molecule has 2 heteroatoms. The number of halogens is 1. The van der Waals surface area contributed by atoms with Crippen LogP contribution in [0.4, 0.5) is 4.39 Å². The van der Waals surface area contributed by atoms with Crippen molar-refractivity contribution in [2.45, 2.75) is 4.94 Å². The van der Waals surface area contributed by atoms with E-state index in [1.807, 2.05) is 60.7 Å². The maximum atomic E-state index is 14.0. The Kier molecular flexibility index (Phi) is 3.67. The molecule has 0 bridgehead atoms. The van der Waals surface area contributed by atoms with E-state index in [1.165, 1.54) is 0 Å². The summed E-state index contributed by atoms with van der Waals surface area (Å²) in [7, 11) is 0. The molecule has 86 valence electrons. The molecular formula is C15H15FSn. The molecule has 0 aliphatic heterocycles. The first-order valence-corrected chi connectivity index (χ1v) is 12.7. The fraction of sp³-hybridized carbons (Fsp3) is 0.0667. The van der Waals surface area contributed by atoms with Gasteiger partial charge >= 0.3 is 106 Å². The summed E-state index contributed by atoms with van der Waals surface area (Å²) >= 11 is -3.29. The van der Waals surface area contributed by atoms with Crippen molar-refractivity contribution in [1.29, 1.82) is 0 Å². The predicted molar refractivity (Wildman–Crippen MR) is 74.0 cm³/mol. The van der Waals surface area contributed by atoms with E-state index in [9.17, 15) is 4.39 Å². The van der Waals surface area contributed by atoms with Gasteiger partial charge < -0.3 is 0 Å². The Morgan fingerprint density at radius 2 is 1.24 bits per heavy atom. The van der Waals surface area contributed by atoms with Gasteiger partial charge in [0.15, 0.2) is 0 Å². The summed E-state index contributed by atoms with van der Waals surface area (Å²) in [5, 5.41) is 0. The molecule has 0 nitrogen and oxygen atoms in total. The molecule has 0 unspecified atom stereocenters. The van der Waals surface area contributed by atoms with Crippen LogP contribution in [0.1, 0.15) is 0 Å². The van der Waals surface area contributed by atoms with Crippen LogP contribution in [0.25, 0.3) is 0 Å². The van der Waals surface area contributed by atoms with Gasteiger partial charge in [-0.25, -0.2) is 0 Å². The maximum absolute atomic E-state index is 14.0. The molecular weight excluding hydrogens is 318 g/mol. The van der Waals surface area contributed by atoms with Crippen LogP contribution in [0.2, 0.25) is 4.94 Å². The first-order chi connectivity index (χ1) is 8.15. The van der Waals surface area contributed by atoms with Crippen LogP contribution < -0.4 is 7.16 Å². The third kappa shape index (κ3) is 2.29. The Labute approximate surface area is 106 Å². The van der Waals surface area contributed by atoms with Gasteiger partial charge in [0.25, 0.3) is 0 Å². The SMILES string of the molecule is C=[C](F)[Sn]([CH3])([c]1ccccc1)[c]1ccccc1. The average molecular weight is 333 g/mol. The van der Waals surface area contributed by atoms with E-state index >= 15 is 0 Å². The van der Waals surface area contributed by atoms with Gasteiger partial charge in [0, 0.05) is 0 Å². The average Bonchev–Trinajstić information content (AvgIpc) is 2.39. The molecule has 0 saturated heterocycles. The van der Waals surface area contributed by atoms with Crippen molar-refractivity contribution in [2.75, 3.05) is 0 Å². The summed E-state index contributed by atoms with van der Waals surface area (Å²) in [4.78, 5) is 2.07. The zero-order valence-corrected chi connectivity index (χ0v) is 12.7. The molecule has 0 aliphatic carbocycles. The van der Waals surface area contributed by atoms with Crippen LogP contribution in [-0.2, 0) is 0 Å². The minimum atomic E-state index is -3.29. The molecule has 2 aromatic rings. The summed E-state index contributed by atoms with van der Waals surface area (Å²) in [5.74, 6) is 0. The van der Waals surface area contributed by atoms with Crippen molar-refractivity contribution in [3.05, 3.63) is 71.1 Å². The number of hydrogen-bond donors (Lipinski definition) is 0. The predicted octanol–water partition coefficient (Wildman–Crippen LogP) is 2.90. The summed E-state index contributed by atoms with van der Waals surface area (Å²) < 4.78 is 16.1. The van der Waals surface area contributed by atoms with Crippen LogP contribution in [0.3, 0.4) is 0 Å². The quantitative estimate of drug-likeness (QED) is 0.758. The Bertz CT molecular complexity index is 465. The van der Waals surface area contributed by atoms with Crippen LogP contribution in [0.15, 0.2) is 71.1 Å². The molecule has 0 amide bonds. The second-order valence-corrected chi connectivity index (χ2v) is 15.5. The molecule has 0 aromatic heterocycles. The molecule has 0 saturated carbocycles. The third-order valence-electron chi connectivity index (χ3n) is 3.24. The van der Waals surface area contributed by atoms with Gasteiger partial charge in [-0.15, -0.1) is 0 Å². The zero-order chi connectivity index (χ0) is 12.3.